The minimum atomic E-state index is -0.0583. The van der Waals surface area contributed by atoms with Gasteiger partial charge in [0.05, 0.1) is 10.7 Å². The van der Waals surface area contributed by atoms with Crippen molar-refractivity contribution in [1.82, 2.24) is 4.90 Å². The van der Waals surface area contributed by atoms with Gasteiger partial charge in [0.15, 0.2) is 0 Å². The van der Waals surface area contributed by atoms with Crippen LogP contribution in [0, 0.1) is 19.8 Å². The minimum Gasteiger partial charge on any atom is -0.343 e. The standard InChI is InChI=1S/C19H27ClN2O2/c1-4-5-6-17(23)22-9-7-15(8-10-22)19(24)21-18-14(3)11-13(2)12-16(18)20/h11-12,15H,4-10H2,1-3H3,(H,21,24). The summed E-state index contributed by atoms with van der Waals surface area (Å²) in [5, 5.41) is 3.56. The molecule has 2 amide bonds. The van der Waals surface area contributed by atoms with Crippen LogP contribution in [0.1, 0.15) is 50.2 Å². The summed E-state index contributed by atoms with van der Waals surface area (Å²) >= 11 is 6.26. The Morgan fingerprint density at radius 2 is 1.92 bits per heavy atom. The quantitative estimate of drug-likeness (QED) is 0.859. The van der Waals surface area contributed by atoms with Crippen molar-refractivity contribution in [1.29, 1.82) is 0 Å². The number of carbonyl (C=O) groups is 2. The number of hydrogen-bond acceptors (Lipinski definition) is 2. The molecule has 1 saturated heterocycles. The summed E-state index contributed by atoms with van der Waals surface area (Å²) in [5.74, 6) is 0.162. The average molecular weight is 351 g/mol. The summed E-state index contributed by atoms with van der Waals surface area (Å²) in [7, 11) is 0. The smallest absolute Gasteiger partial charge is 0.227 e. The number of nitrogens with zero attached hydrogens (tertiary/aromatic N) is 1. The third kappa shape index (κ3) is 4.73. The number of rotatable bonds is 5. The van der Waals surface area contributed by atoms with E-state index < -0.39 is 0 Å². The van der Waals surface area contributed by atoms with Crippen molar-refractivity contribution in [3.8, 4) is 0 Å². The number of likely N-dealkylation sites (tertiary alicyclic amines) is 1. The van der Waals surface area contributed by atoms with Gasteiger partial charge in [-0.15, -0.1) is 0 Å². The van der Waals surface area contributed by atoms with Crippen LogP contribution >= 0.6 is 11.6 Å². The fourth-order valence-corrected chi connectivity index (χ4v) is 3.54. The Kier molecular flexibility index (Phi) is 6.67. The van der Waals surface area contributed by atoms with E-state index in [2.05, 4.69) is 12.2 Å². The Balaban J connectivity index is 1.91. The van der Waals surface area contributed by atoms with E-state index in [1.54, 1.807) is 0 Å². The molecule has 0 aromatic heterocycles. The zero-order valence-corrected chi connectivity index (χ0v) is 15.6. The number of aryl methyl sites for hydroxylation is 2. The van der Waals surface area contributed by atoms with Gasteiger partial charge in [0.1, 0.15) is 0 Å². The molecule has 1 heterocycles. The molecule has 0 atom stereocenters. The van der Waals surface area contributed by atoms with Gasteiger partial charge in [-0.1, -0.05) is 31.0 Å². The first-order chi connectivity index (χ1) is 11.4. The third-order valence-corrected chi connectivity index (χ3v) is 4.94. The lowest BCUT2D eigenvalue weighted by Crippen LogP contribution is -2.41. The molecule has 1 aliphatic heterocycles. The van der Waals surface area contributed by atoms with Crippen molar-refractivity contribution < 1.29 is 9.59 Å². The van der Waals surface area contributed by atoms with Crippen molar-refractivity contribution in [3.63, 3.8) is 0 Å². The minimum absolute atomic E-state index is 0.00418. The second-order valence-corrected chi connectivity index (χ2v) is 7.09. The first-order valence-corrected chi connectivity index (χ1v) is 9.15. The van der Waals surface area contributed by atoms with Crippen LogP contribution in [0.4, 0.5) is 5.69 Å². The second kappa shape index (κ2) is 8.52. The monoisotopic (exact) mass is 350 g/mol. The van der Waals surface area contributed by atoms with Gasteiger partial charge in [-0.05, 0) is 50.3 Å². The van der Waals surface area contributed by atoms with E-state index in [4.69, 9.17) is 11.6 Å². The van der Waals surface area contributed by atoms with Gasteiger partial charge in [0.25, 0.3) is 0 Å². The molecule has 0 aliphatic carbocycles. The Labute approximate surface area is 149 Å². The lowest BCUT2D eigenvalue weighted by molar-refractivity contribution is -0.134. The van der Waals surface area contributed by atoms with Crippen molar-refractivity contribution in [2.45, 2.75) is 52.9 Å². The molecule has 0 unspecified atom stereocenters. The highest BCUT2D eigenvalue weighted by atomic mass is 35.5. The number of nitrogens with one attached hydrogen (secondary N) is 1. The summed E-state index contributed by atoms with van der Waals surface area (Å²) < 4.78 is 0. The molecule has 1 aromatic carbocycles. The normalized spacial score (nSPS) is 15.4. The predicted octanol–water partition coefficient (Wildman–Crippen LogP) is 4.32. The highest BCUT2D eigenvalue weighted by molar-refractivity contribution is 6.34. The summed E-state index contributed by atoms with van der Waals surface area (Å²) in [4.78, 5) is 26.5. The van der Waals surface area contributed by atoms with E-state index >= 15 is 0 Å². The first kappa shape index (κ1) is 18.8. The van der Waals surface area contributed by atoms with E-state index in [9.17, 15) is 9.59 Å². The average Bonchev–Trinajstić information content (AvgIpc) is 2.55. The van der Waals surface area contributed by atoms with Crippen LogP contribution in [0.5, 0.6) is 0 Å². The van der Waals surface area contributed by atoms with Crippen LogP contribution < -0.4 is 5.32 Å². The number of halogens is 1. The maximum absolute atomic E-state index is 12.5. The predicted molar refractivity (Wildman–Crippen MR) is 98.4 cm³/mol. The lowest BCUT2D eigenvalue weighted by Gasteiger charge is -2.31. The van der Waals surface area contributed by atoms with Crippen molar-refractivity contribution in [2.75, 3.05) is 18.4 Å². The molecule has 4 nitrogen and oxygen atoms in total. The number of benzene rings is 1. The zero-order chi connectivity index (χ0) is 17.7. The third-order valence-electron chi connectivity index (χ3n) is 4.64. The molecule has 0 radical (unpaired) electrons. The van der Waals surface area contributed by atoms with Crippen molar-refractivity contribution >= 4 is 29.1 Å². The number of piperidine rings is 1. The van der Waals surface area contributed by atoms with Gasteiger partial charge in [0, 0.05) is 25.4 Å². The Bertz CT molecular complexity index is 584. The molecular formula is C19H27ClN2O2. The fraction of sp³-hybridized carbons (Fsp3) is 0.579. The molecule has 0 spiro atoms. The van der Waals surface area contributed by atoms with E-state index in [1.807, 2.05) is 30.9 Å². The Hall–Kier alpha value is -1.55. The topological polar surface area (TPSA) is 49.4 Å². The first-order valence-electron chi connectivity index (χ1n) is 8.77. The molecular weight excluding hydrogens is 324 g/mol. The number of anilines is 1. The van der Waals surface area contributed by atoms with Crippen molar-refractivity contribution in [3.05, 3.63) is 28.3 Å². The molecule has 0 saturated carbocycles. The van der Waals surface area contributed by atoms with Gasteiger partial charge in [-0.3, -0.25) is 9.59 Å². The van der Waals surface area contributed by atoms with E-state index in [-0.39, 0.29) is 17.7 Å². The molecule has 1 fully saturated rings. The Morgan fingerprint density at radius 1 is 1.25 bits per heavy atom. The van der Waals surface area contributed by atoms with Crippen LogP contribution in [0.25, 0.3) is 0 Å². The zero-order valence-electron chi connectivity index (χ0n) is 14.8. The van der Waals surface area contributed by atoms with E-state index in [0.29, 0.717) is 43.1 Å². The number of unbranched alkanes of at least 4 members (excludes halogenated alkanes) is 1. The molecule has 132 valence electrons. The Morgan fingerprint density at radius 3 is 2.50 bits per heavy atom. The molecule has 1 N–H and O–H groups in total. The fourth-order valence-electron chi connectivity index (χ4n) is 3.18. The van der Waals surface area contributed by atoms with Gasteiger partial charge in [-0.2, -0.15) is 0 Å². The molecule has 24 heavy (non-hydrogen) atoms. The number of amides is 2. The number of carbonyl (C=O) groups excluding carboxylic acids is 2. The number of hydrogen-bond donors (Lipinski definition) is 1. The second-order valence-electron chi connectivity index (χ2n) is 6.69. The molecule has 2 rings (SSSR count). The maximum atomic E-state index is 12.5. The highest BCUT2D eigenvalue weighted by Gasteiger charge is 2.27. The van der Waals surface area contributed by atoms with Gasteiger partial charge >= 0.3 is 0 Å². The highest BCUT2D eigenvalue weighted by Crippen LogP contribution is 2.29. The largest absolute Gasteiger partial charge is 0.343 e. The SMILES string of the molecule is CCCCC(=O)N1CCC(C(=O)Nc2c(C)cc(C)cc2Cl)CC1. The van der Waals surface area contributed by atoms with Crippen LogP contribution in [0.2, 0.25) is 5.02 Å². The summed E-state index contributed by atoms with van der Waals surface area (Å²) in [6.07, 6.45) is 4.01. The molecule has 0 bridgehead atoms. The van der Waals surface area contributed by atoms with Gasteiger partial charge in [-0.25, -0.2) is 0 Å². The van der Waals surface area contributed by atoms with E-state index in [1.165, 1.54) is 0 Å². The van der Waals surface area contributed by atoms with Crippen LogP contribution in [-0.4, -0.2) is 29.8 Å². The maximum Gasteiger partial charge on any atom is 0.227 e. The van der Waals surface area contributed by atoms with Crippen LogP contribution in [0.3, 0.4) is 0 Å². The molecule has 5 heteroatoms. The summed E-state index contributed by atoms with van der Waals surface area (Å²) in [6, 6.07) is 3.87. The molecule has 1 aromatic rings. The lowest BCUT2D eigenvalue weighted by atomic mass is 9.95. The van der Waals surface area contributed by atoms with Crippen LogP contribution in [-0.2, 0) is 9.59 Å². The summed E-state index contributed by atoms with van der Waals surface area (Å²) in [6.45, 7) is 7.35. The van der Waals surface area contributed by atoms with Gasteiger partial charge in [0.2, 0.25) is 11.8 Å². The van der Waals surface area contributed by atoms with E-state index in [0.717, 1.165) is 24.0 Å². The van der Waals surface area contributed by atoms with Gasteiger partial charge < -0.3 is 10.2 Å². The summed E-state index contributed by atoms with van der Waals surface area (Å²) in [5.41, 5.74) is 2.75. The molecule has 1 aliphatic rings. The van der Waals surface area contributed by atoms with Crippen LogP contribution in [0.15, 0.2) is 12.1 Å². The van der Waals surface area contributed by atoms with Crippen molar-refractivity contribution in [2.24, 2.45) is 5.92 Å².